The summed E-state index contributed by atoms with van der Waals surface area (Å²) in [4.78, 5) is 0.338. The van der Waals surface area contributed by atoms with Gasteiger partial charge in [-0.15, -0.1) is 0 Å². The zero-order valence-electron chi connectivity index (χ0n) is 11.1. The molecule has 0 atom stereocenters. The largest absolute Gasteiger partial charge is 0.496 e. The van der Waals surface area contributed by atoms with Crippen LogP contribution in [0.2, 0.25) is 0 Å². The van der Waals surface area contributed by atoms with Gasteiger partial charge in [0.25, 0.3) is 0 Å². The molecule has 0 aromatic heterocycles. The number of thiocarbonyl (C=S) groups is 1. The maximum absolute atomic E-state index is 5.87. The summed E-state index contributed by atoms with van der Waals surface area (Å²) in [5.74, 6) is 0.697. The second kappa shape index (κ2) is 6.84. The Kier molecular flexibility index (Phi) is 5.13. The van der Waals surface area contributed by atoms with Gasteiger partial charge in [-0.05, 0) is 30.5 Å². The van der Waals surface area contributed by atoms with E-state index in [0.29, 0.717) is 17.3 Å². The standard InChI is InChI=1S/C14H19NO3S/c1-16-13-3-2-10(8-12(13)14(15)19)9-18-11-4-6-17-7-5-11/h2-3,8,11H,4-7,9H2,1H3,(H2,15,19). The highest BCUT2D eigenvalue weighted by Gasteiger charge is 2.14. The Morgan fingerprint density at radius 1 is 1.42 bits per heavy atom. The topological polar surface area (TPSA) is 53.7 Å². The predicted octanol–water partition coefficient (Wildman–Crippen LogP) is 2.02. The molecule has 104 valence electrons. The lowest BCUT2D eigenvalue weighted by Gasteiger charge is -2.22. The molecule has 1 fully saturated rings. The van der Waals surface area contributed by atoms with Crippen molar-refractivity contribution in [3.05, 3.63) is 29.3 Å². The van der Waals surface area contributed by atoms with Crippen LogP contribution in [0.3, 0.4) is 0 Å². The number of rotatable bonds is 5. The van der Waals surface area contributed by atoms with Gasteiger partial charge in [0, 0.05) is 13.2 Å². The average molecular weight is 281 g/mol. The lowest BCUT2D eigenvalue weighted by molar-refractivity contribution is -0.0390. The number of benzene rings is 1. The Bertz CT molecular complexity index is 444. The molecule has 5 heteroatoms. The monoisotopic (exact) mass is 281 g/mol. The highest BCUT2D eigenvalue weighted by molar-refractivity contribution is 7.80. The van der Waals surface area contributed by atoms with Gasteiger partial charge in [0.1, 0.15) is 10.7 Å². The van der Waals surface area contributed by atoms with E-state index in [2.05, 4.69) is 0 Å². The minimum atomic E-state index is 0.282. The van der Waals surface area contributed by atoms with Crippen molar-refractivity contribution < 1.29 is 14.2 Å². The molecule has 1 saturated heterocycles. The zero-order valence-corrected chi connectivity index (χ0v) is 11.9. The molecule has 0 radical (unpaired) electrons. The number of ether oxygens (including phenoxy) is 3. The molecule has 1 aromatic rings. The number of hydrogen-bond donors (Lipinski definition) is 1. The molecule has 1 aliphatic rings. The second-order valence-electron chi connectivity index (χ2n) is 4.52. The van der Waals surface area contributed by atoms with Gasteiger partial charge >= 0.3 is 0 Å². The molecule has 0 spiro atoms. The highest BCUT2D eigenvalue weighted by Crippen LogP contribution is 2.21. The lowest BCUT2D eigenvalue weighted by Crippen LogP contribution is -2.23. The van der Waals surface area contributed by atoms with E-state index in [-0.39, 0.29) is 6.10 Å². The summed E-state index contributed by atoms with van der Waals surface area (Å²) in [6.45, 7) is 2.13. The highest BCUT2D eigenvalue weighted by atomic mass is 32.1. The normalized spacial score (nSPS) is 16.3. The first kappa shape index (κ1) is 14.2. The van der Waals surface area contributed by atoms with E-state index in [9.17, 15) is 0 Å². The fourth-order valence-corrected chi connectivity index (χ4v) is 2.25. The van der Waals surface area contributed by atoms with Crippen molar-refractivity contribution in [1.82, 2.24) is 0 Å². The van der Waals surface area contributed by atoms with Crippen LogP contribution in [-0.4, -0.2) is 31.4 Å². The van der Waals surface area contributed by atoms with Crippen LogP contribution < -0.4 is 10.5 Å². The van der Waals surface area contributed by atoms with Crippen LogP contribution in [0.5, 0.6) is 5.75 Å². The van der Waals surface area contributed by atoms with Gasteiger partial charge in [-0.2, -0.15) is 0 Å². The number of nitrogens with two attached hydrogens (primary N) is 1. The molecule has 0 aliphatic carbocycles. The van der Waals surface area contributed by atoms with Crippen LogP contribution in [0, 0.1) is 0 Å². The molecule has 2 N–H and O–H groups in total. The van der Waals surface area contributed by atoms with Crippen LogP contribution in [0.1, 0.15) is 24.0 Å². The SMILES string of the molecule is COc1ccc(COC2CCOCC2)cc1C(N)=S. The zero-order chi connectivity index (χ0) is 13.7. The molecule has 4 nitrogen and oxygen atoms in total. The van der Waals surface area contributed by atoms with Crippen molar-refractivity contribution in [2.75, 3.05) is 20.3 Å². The van der Waals surface area contributed by atoms with E-state index in [0.717, 1.165) is 37.2 Å². The third-order valence-electron chi connectivity index (χ3n) is 3.18. The molecular weight excluding hydrogens is 262 g/mol. The number of methoxy groups -OCH3 is 1. The summed E-state index contributed by atoms with van der Waals surface area (Å²) in [6, 6.07) is 5.78. The van der Waals surface area contributed by atoms with Gasteiger partial charge in [0.15, 0.2) is 0 Å². The van der Waals surface area contributed by atoms with E-state index in [4.69, 9.17) is 32.2 Å². The fourth-order valence-electron chi connectivity index (χ4n) is 2.09. The molecule has 0 unspecified atom stereocenters. The smallest absolute Gasteiger partial charge is 0.129 e. The molecule has 19 heavy (non-hydrogen) atoms. The first-order valence-corrected chi connectivity index (χ1v) is 6.77. The summed E-state index contributed by atoms with van der Waals surface area (Å²) in [6.07, 6.45) is 2.19. The van der Waals surface area contributed by atoms with Gasteiger partial charge in [0.05, 0.1) is 25.4 Å². The van der Waals surface area contributed by atoms with E-state index >= 15 is 0 Å². The van der Waals surface area contributed by atoms with Crippen LogP contribution >= 0.6 is 12.2 Å². The summed E-state index contributed by atoms with van der Waals surface area (Å²) in [5.41, 5.74) is 7.50. The molecule has 1 heterocycles. The number of hydrogen-bond acceptors (Lipinski definition) is 4. The van der Waals surface area contributed by atoms with Crippen molar-refractivity contribution in [1.29, 1.82) is 0 Å². The van der Waals surface area contributed by atoms with E-state index in [1.54, 1.807) is 7.11 Å². The molecule has 1 aliphatic heterocycles. The van der Waals surface area contributed by atoms with Crippen molar-refractivity contribution in [2.45, 2.75) is 25.6 Å². The Labute approximate surface area is 118 Å². The molecule has 2 rings (SSSR count). The van der Waals surface area contributed by atoms with Gasteiger partial charge in [0.2, 0.25) is 0 Å². The molecule has 0 bridgehead atoms. The fraction of sp³-hybridized carbons (Fsp3) is 0.500. The summed E-state index contributed by atoms with van der Waals surface area (Å²) < 4.78 is 16.4. The van der Waals surface area contributed by atoms with Gasteiger partial charge in [-0.1, -0.05) is 18.3 Å². The van der Waals surface area contributed by atoms with Gasteiger partial charge in [-0.25, -0.2) is 0 Å². The Balaban J connectivity index is 2.00. The van der Waals surface area contributed by atoms with Crippen molar-refractivity contribution in [3.63, 3.8) is 0 Å². The maximum atomic E-state index is 5.87. The average Bonchev–Trinajstić information content (AvgIpc) is 2.46. The predicted molar refractivity (Wildman–Crippen MR) is 77.5 cm³/mol. The summed E-state index contributed by atoms with van der Waals surface area (Å²) in [5, 5.41) is 0. The van der Waals surface area contributed by atoms with Crippen LogP contribution in [-0.2, 0) is 16.1 Å². The summed E-state index contributed by atoms with van der Waals surface area (Å²) in [7, 11) is 1.61. The van der Waals surface area contributed by atoms with Crippen molar-refractivity contribution in [3.8, 4) is 5.75 Å². The second-order valence-corrected chi connectivity index (χ2v) is 4.96. The molecule has 1 aromatic carbocycles. The van der Waals surface area contributed by atoms with Crippen LogP contribution in [0.25, 0.3) is 0 Å². The quantitative estimate of drug-likeness (QED) is 0.837. The Morgan fingerprint density at radius 2 is 2.16 bits per heavy atom. The molecule has 0 saturated carbocycles. The minimum absolute atomic E-state index is 0.282. The first-order valence-electron chi connectivity index (χ1n) is 6.36. The Morgan fingerprint density at radius 3 is 2.79 bits per heavy atom. The molecule has 0 amide bonds. The van der Waals surface area contributed by atoms with E-state index in [1.165, 1.54) is 0 Å². The van der Waals surface area contributed by atoms with Crippen LogP contribution in [0.4, 0.5) is 0 Å². The van der Waals surface area contributed by atoms with E-state index in [1.807, 2.05) is 18.2 Å². The summed E-state index contributed by atoms with van der Waals surface area (Å²) >= 11 is 5.03. The Hall–Kier alpha value is -1.17. The van der Waals surface area contributed by atoms with E-state index < -0.39 is 0 Å². The van der Waals surface area contributed by atoms with Gasteiger partial charge in [-0.3, -0.25) is 0 Å². The first-order chi connectivity index (χ1) is 9.20. The van der Waals surface area contributed by atoms with Crippen molar-refractivity contribution >= 4 is 17.2 Å². The van der Waals surface area contributed by atoms with Crippen molar-refractivity contribution in [2.24, 2.45) is 5.73 Å². The lowest BCUT2D eigenvalue weighted by atomic mass is 10.1. The minimum Gasteiger partial charge on any atom is -0.496 e. The van der Waals surface area contributed by atoms with Gasteiger partial charge < -0.3 is 19.9 Å². The third-order valence-corrected chi connectivity index (χ3v) is 3.40. The molecular formula is C14H19NO3S. The maximum Gasteiger partial charge on any atom is 0.129 e. The van der Waals surface area contributed by atoms with Crippen LogP contribution in [0.15, 0.2) is 18.2 Å². The third kappa shape index (κ3) is 3.89.